The number of fused-ring (bicyclic) bond motifs is 1. The first-order valence-corrected chi connectivity index (χ1v) is 11.0. The van der Waals surface area contributed by atoms with Crippen molar-refractivity contribution in [3.05, 3.63) is 53.1 Å². The number of unbranched alkanes of at least 4 members (excludes halogenated alkanes) is 1. The maximum atomic E-state index is 12.5. The van der Waals surface area contributed by atoms with Gasteiger partial charge in [0, 0.05) is 30.7 Å². The van der Waals surface area contributed by atoms with Crippen molar-refractivity contribution in [3.8, 4) is 5.75 Å². The van der Waals surface area contributed by atoms with Crippen LogP contribution in [0.3, 0.4) is 0 Å². The zero-order valence-electron chi connectivity index (χ0n) is 15.7. The Balaban J connectivity index is 1.46. The molecule has 0 radical (unpaired) electrons. The van der Waals surface area contributed by atoms with Gasteiger partial charge in [0.2, 0.25) is 15.9 Å². The highest BCUT2D eigenvalue weighted by Gasteiger charge is 2.24. The smallest absolute Gasteiger partial charge is 0.240 e. The molecular formula is C20H23ClN2O4S. The van der Waals surface area contributed by atoms with Crippen molar-refractivity contribution >= 4 is 33.2 Å². The molecule has 1 aliphatic heterocycles. The van der Waals surface area contributed by atoms with E-state index in [1.807, 2.05) is 0 Å². The molecule has 6 nitrogen and oxygen atoms in total. The van der Waals surface area contributed by atoms with E-state index in [1.165, 1.54) is 6.92 Å². The fourth-order valence-corrected chi connectivity index (χ4v) is 4.36. The number of anilines is 1. The summed E-state index contributed by atoms with van der Waals surface area (Å²) < 4.78 is 33.2. The van der Waals surface area contributed by atoms with E-state index in [9.17, 15) is 13.2 Å². The Bertz CT molecular complexity index is 945. The predicted octanol–water partition coefficient (Wildman–Crippen LogP) is 3.39. The molecule has 0 bridgehead atoms. The third kappa shape index (κ3) is 5.04. The number of carbonyl (C=O) groups is 1. The van der Waals surface area contributed by atoms with Gasteiger partial charge in [0.25, 0.3) is 0 Å². The van der Waals surface area contributed by atoms with Gasteiger partial charge in [0.05, 0.1) is 11.5 Å². The quantitative estimate of drug-likeness (QED) is 0.661. The molecule has 1 heterocycles. The first-order valence-electron chi connectivity index (χ1n) is 9.16. The van der Waals surface area contributed by atoms with Crippen LogP contribution < -0.4 is 14.4 Å². The van der Waals surface area contributed by atoms with Crippen molar-refractivity contribution in [2.24, 2.45) is 0 Å². The summed E-state index contributed by atoms with van der Waals surface area (Å²) in [6.45, 7) is 2.94. The molecule has 28 heavy (non-hydrogen) atoms. The van der Waals surface area contributed by atoms with Crippen LogP contribution in [-0.2, 0) is 21.2 Å². The summed E-state index contributed by atoms with van der Waals surface area (Å²) in [7, 11) is -3.57. The molecule has 1 N–H and O–H groups in total. The van der Waals surface area contributed by atoms with Crippen molar-refractivity contribution in [1.29, 1.82) is 0 Å². The summed E-state index contributed by atoms with van der Waals surface area (Å²) in [5.74, 6) is 0.705. The molecule has 0 atom stereocenters. The average Bonchev–Trinajstić information content (AvgIpc) is 3.09. The number of hydrogen-bond donors (Lipinski definition) is 1. The molecule has 2 aromatic carbocycles. The molecular weight excluding hydrogens is 400 g/mol. The summed E-state index contributed by atoms with van der Waals surface area (Å²) in [4.78, 5) is 13.5. The van der Waals surface area contributed by atoms with Crippen molar-refractivity contribution in [1.82, 2.24) is 4.72 Å². The fourth-order valence-electron chi connectivity index (χ4n) is 3.11. The molecule has 0 saturated carbocycles. The van der Waals surface area contributed by atoms with Crippen LogP contribution in [0.1, 0.15) is 25.3 Å². The monoisotopic (exact) mass is 422 g/mol. The maximum Gasteiger partial charge on any atom is 0.240 e. The van der Waals surface area contributed by atoms with Crippen LogP contribution in [0.4, 0.5) is 5.69 Å². The van der Waals surface area contributed by atoms with Crippen molar-refractivity contribution < 1.29 is 17.9 Å². The highest BCUT2D eigenvalue weighted by Crippen LogP contribution is 2.30. The standard InChI is InChI=1S/C20H23ClN2O4S/c1-15(24)23-12-10-16-14-19(8-9-20(16)23)28(25,26)22-11-2-3-13-27-18-6-4-17(21)5-7-18/h4-9,14,22H,2-3,10-13H2,1H3. The summed E-state index contributed by atoms with van der Waals surface area (Å²) in [5.41, 5.74) is 1.68. The summed E-state index contributed by atoms with van der Waals surface area (Å²) in [6.07, 6.45) is 2.05. The number of halogens is 1. The average molecular weight is 423 g/mol. The van der Waals surface area contributed by atoms with Crippen LogP contribution in [0.5, 0.6) is 5.75 Å². The fraction of sp³-hybridized carbons (Fsp3) is 0.350. The van der Waals surface area contributed by atoms with E-state index in [1.54, 1.807) is 47.4 Å². The predicted molar refractivity (Wildman–Crippen MR) is 110 cm³/mol. The van der Waals surface area contributed by atoms with Gasteiger partial charge in [-0.05, 0) is 67.3 Å². The second-order valence-corrected chi connectivity index (χ2v) is 8.82. The number of benzene rings is 2. The summed E-state index contributed by atoms with van der Waals surface area (Å²) >= 11 is 5.82. The second-order valence-electron chi connectivity index (χ2n) is 6.62. The van der Waals surface area contributed by atoms with E-state index in [2.05, 4.69) is 4.72 Å². The summed E-state index contributed by atoms with van der Waals surface area (Å²) in [6, 6.07) is 12.0. The topological polar surface area (TPSA) is 75.7 Å². The first-order chi connectivity index (χ1) is 13.4. The van der Waals surface area contributed by atoms with Crippen LogP contribution in [0.15, 0.2) is 47.4 Å². The van der Waals surface area contributed by atoms with Gasteiger partial charge >= 0.3 is 0 Å². The molecule has 0 aliphatic carbocycles. The van der Waals surface area contributed by atoms with Gasteiger partial charge in [-0.2, -0.15) is 0 Å². The number of hydrogen-bond acceptors (Lipinski definition) is 4. The largest absolute Gasteiger partial charge is 0.494 e. The lowest BCUT2D eigenvalue weighted by molar-refractivity contribution is -0.116. The number of sulfonamides is 1. The lowest BCUT2D eigenvalue weighted by Crippen LogP contribution is -2.26. The van der Waals surface area contributed by atoms with Gasteiger partial charge in [-0.1, -0.05) is 11.6 Å². The minimum atomic E-state index is -3.57. The molecule has 0 fully saturated rings. The Hall–Kier alpha value is -2.09. The molecule has 0 unspecified atom stereocenters. The molecule has 0 spiro atoms. The van der Waals surface area contributed by atoms with E-state index in [0.717, 1.165) is 23.4 Å². The SMILES string of the molecule is CC(=O)N1CCc2cc(S(=O)(=O)NCCCCOc3ccc(Cl)cc3)ccc21. The van der Waals surface area contributed by atoms with E-state index in [0.29, 0.717) is 37.6 Å². The van der Waals surface area contributed by atoms with Gasteiger partial charge < -0.3 is 9.64 Å². The number of nitrogens with one attached hydrogen (secondary N) is 1. The Kier molecular flexibility index (Phi) is 6.59. The van der Waals surface area contributed by atoms with Crippen molar-refractivity contribution in [2.75, 3.05) is 24.6 Å². The minimum Gasteiger partial charge on any atom is -0.494 e. The number of nitrogens with zero attached hydrogens (tertiary/aromatic N) is 1. The van der Waals surface area contributed by atoms with Crippen LogP contribution in [0.25, 0.3) is 0 Å². The van der Waals surface area contributed by atoms with Gasteiger partial charge in [-0.3, -0.25) is 4.79 Å². The maximum absolute atomic E-state index is 12.5. The van der Waals surface area contributed by atoms with Gasteiger partial charge in [0.1, 0.15) is 5.75 Å². The lowest BCUT2D eigenvalue weighted by Gasteiger charge is -2.15. The second kappa shape index (κ2) is 8.94. The molecule has 8 heteroatoms. The van der Waals surface area contributed by atoms with Gasteiger partial charge in [-0.25, -0.2) is 13.1 Å². The number of rotatable bonds is 8. The third-order valence-corrected chi connectivity index (χ3v) is 6.29. The van der Waals surface area contributed by atoms with Gasteiger partial charge in [-0.15, -0.1) is 0 Å². The molecule has 0 saturated heterocycles. The van der Waals surface area contributed by atoms with E-state index in [4.69, 9.17) is 16.3 Å². The Morgan fingerprint density at radius 2 is 1.93 bits per heavy atom. The third-order valence-electron chi connectivity index (χ3n) is 4.58. The van der Waals surface area contributed by atoms with Crippen molar-refractivity contribution in [2.45, 2.75) is 31.1 Å². The van der Waals surface area contributed by atoms with Crippen LogP contribution in [0.2, 0.25) is 5.02 Å². The molecule has 3 rings (SSSR count). The van der Waals surface area contributed by atoms with Crippen LogP contribution in [-0.4, -0.2) is 34.0 Å². The molecule has 1 amide bonds. The zero-order chi connectivity index (χ0) is 20.1. The minimum absolute atomic E-state index is 0.0340. The number of carbonyl (C=O) groups excluding carboxylic acids is 1. The first kappa shape index (κ1) is 20.6. The number of ether oxygens (including phenoxy) is 1. The van der Waals surface area contributed by atoms with E-state index in [-0.39, 0.29) is 10.8 Å². The Morgan fingerprint density at radius 1 is 1.18 bits per heavy atom. The number of amides is 1. The summed E-state index contributed by atoms with van der Waals surface area (Å²) in [5, 5.41) is 0.655. The molecule has 150 valence electrons. The zero-order valence-corrected chi connectivity index (χ0v) is 17.2. The lowest BCUT2D eigenvalue weighted by atomic mass is 10.2. The van der Waals surface area contributed by atoms with Crippen molar-refractivity contribution in [3.63, 3.8) is 0 Å². The van der Waals surface area contributed by atoms with Gasteiger partial charge in [0.15, 0.2) is 0 Å². The van der Waals surface area contributed by atoms with Crippen LogP contribution in [0, 0.1) is 0 Å². The molecule has 2 aromatic rings. The Labute approximate surface area is 170 Å². The van der Waals surface area contributed by atoms with E-state index >= 15 is 0 Å². The normalized spacial score (nSPS) is 13.4. The molecule has 0 aromatic heterocycles. The highest BCUT2D eigenvalue weighted by atomic mass is 35.5. The Morgan fingerprint density at radius 3 is 2.64 bits per heavy atom. The molecule has 1 aliphatic rings. The highest BCUT2D eigenvalue weighted by molar-refractivity contribution is 7.89. The van der Waals surface area contributed by atoms with Crippen LogP contribution >= 0.6 is 11.6 Å². The van der Waals surface area contributed by atoms with E-state index < -0.39 is 10.0 Å².